The second kappa shape index (κ2) is 12.0. The average Bonchev–Trinajstić information content (AvgIpc) is 2.42. The van der Waals surface area contributed by atoms with Gasteiger partial charge in [0.2, 0.25) is 0 Å². The van der Waals surface area contributed by atoms with Gasteiger partial charge < -0.3 is 26.2 Å². The van der Waals surface area contributed by atoms with Crippen molar-refractivity contribution < 1.29 is 30.0 Å². The van der Waals surface area contributed by atoms with Gasteiger partial charge >= 0.3 is 0 Å². The number of carbonyl (C=O) groups is 2. The molecule has 0 bridgehead atoms. The van der Waals surface area contributed by atoms with Crippen molar-refractivity contribution in [1.82, 2.24) is 0 Å². The molecule has 2 aromatic carbocycles. The zero-order valence-corrected chi connectivity index (χ0v) is 14.2. The molecule has 0 aliphatic rings. The molecule has 0 heterocycles. The van der Waals surface area contributed by atoms with Crippen molar-refractivity contribution in [3.8, 4) is 11.5 Å². The molecule has 134 valence electrons. The quantitative estimate of drug-likeness (QED) is 0.518. The Morgan fingerprint density at radius 2 is 1.50 bits per heavy atom. The Labute approximate surface area is 145 Å². The third-order valence-corrected chi connectivity index (χ3v) is 2.47. The highest BCUT2D eigenvalue weighted by atomic mass is 35.5. The Morgan fingerprint density at radius 1 is 1.00 bits per heavy atom. The molecule has 0 amide bonds. The van der Waals surface area contributed by atoms with Crippen LogP contribution < -0.4 is 5.73 Å². The number of fused-ring (bicyclic) bond motifs is 1. The zero-order chi connectivity index (χ0) is 18.0. The van der Waals surface area contributed by atoms with Gasteiger partial charge in [0.1, 0.15) is 0 Å². The number of aliphatic carboxylic acids is 2. The van der Waals surface area contributed by atoms with Crippen LogP contribution in [0, 0.1) is 0 Å². The number of phenolic OH excluding ortho intramolecular Hbond substituents is 2. The molecule has 0 aliphatic heterocycles. The molecule has 0 atom stereocenters. The van der Waals surface area contributed by atoms with E-state index in [1.54, 1.807) is 12.1 Å². The Bertz CT molecular complexity index is 655. The lowest BCUT2D eigenvalue weighted by molar-refractivity contribution is -0.135. The topological polar surface area (TPSA) is 141 Å². The molecule has 24 heavy (non-hydrogen) atoms. The predicted octanol–water partition coefficient (Wildman–Crippen LogP) is 2.36. The van der Waals surface area contributed by atoms with Crippen LogP contribution >= 0.6 is 12.4 Å². The molecule has 0 spiro atoms. The van der Waals surface area contributed by atoms with Crippen molar-refractivity contribution in [2.45, 2.75) is 20.3 Å². The largest absolute Gasteiger partial charge is 0.504 e. The molecule has 6 N–H and O–H groups in total. The molecule has 0 aliphatic carbocycles. The second-order valence-electron chi connectivity index (χ2n) is 4.57. The highest BCUT2D eigenvalue weighted by molar-refractivity contribution is 5.90. The number of hydrogen-bond acceptors (Lipinski definition) is 5. The summed E-state index contributed by atoms with van der Waals surface area (Å²) in [6.07, 6.45) is 0.817. The van der Waals surface area contributed by atoms with E-state index >= 15 is 0 Å². The maximum atomic E-state index is 9.60. The predicted molar refractivity (Wildman–Crippen MR) is 93.9 cm³/mol. The number of nitrogens with two attached hydrogens (primary N) is 1. The maximum absolute atomic E-state index is 9.60. The number of carboxylic acid groups (broad SMARTS) is 2. The molecule has 2 rings (SSSR count). The van der Waals surface area contributed by atoms with Gasteiger partial charge in [-0.25, -0.2) is 0 Å². The lowest BCUT2D eigenvalue weighted by atomic mass is 10.0. The van der Waals surface area contributed by atoms with Gasteiger partial charge in [0, 0.05) is 19.2 Å². The average molecular weight is 360 g/mol. The van der Waals surface area contributed by atoms with Gasteiger partial charge in [-0.2, -0.15) is 0 Å². The molecule has 0 fully saturated rings. The van der Waals surface area contributed by atoms with Crippen molar-refractivity contribution in [3.63, 3.8) is 0 Å². The normalized spacial score (nSPS) is 8.79. The summed E-state index contributed by atoms with van der Waals surface area (Å²) in [5.74, 6) is -1.82. The maximum Gasteiger partial charge on any atom is 0.300 e. The highest BCUT2D eigenvalue weighted by Crippen LogP contribution is 2.33. The van der Waals surface area contributed by atoms with Crippen molar-refractivity contribution in [2.75, 3.05) is 6.54 Å². The summed E-state index contributed by atoms with van der Waals surface area (Å²) in [5, 5.41) is 35.3. The van der Waals surface area contributed by atoms with E-state index in [0.29, 0.717) is 11.9 Å². The summed E-state index contributed by atoms with van der Waals surface area (Å²) in [5.41, 5.74) is 6.60. The fraction of sp³-hybridized carbons (Fsp3) is 0.250. The molecular weight excluding hydrogens is 338 g/mol. The Morgan fingerprint density at radius 3 is 1.96 bits per heavy atom. The van der Waals surface area contributed by atoms with Crippen molar-refractivity contribution >= 4 is 35.1 Å². The van der Waals surface area contributed by atoms with Crippen LogP contribution in [0.1, 0.15) is 19.4 Å². The first-order chi connectivity index (χ1) is 10.7. The fourth-order valence-electron chi connectivity index (χ4n) is 1.67. The van der Waals surface area contributed by atoms with Crippen LogP contribution in [0.5, 0.6) is 11.5 Å². The van der Waals surface area contributed by atoms with Gasteiger partial charge in [-0.1, -0.05) is 24.3 Å². The number of halogens is 1. The van der Waals surface area contributed by atoms with E-state index in [4.69, 9.17) is 25.5 Å². The van der Waals surface area contributed by atoms with Crippen LogP contribution in [-0.2, 0) is 16.0 Å². The van der Waals surface area contributed by atoms with Gasteiger partial charge in [0.15, 0.2) is 11.5 Å². The fourth-order valence-corrected chi connectivity index (χ4v) is 1.67. The van der Waals surface area contributed by atoms with Crippen molar-refractivity contribution in [3.05, 3.63) is 35.9 Å². The first kappa shape index (κ1) is 23.8. The summed E-state index contributed by atoms with van der Waals surface area (Å²) in [6.45, 7) is 2.77. The van der Waals surface area contributed by atoms with Gasteiger partial charge in [-0.3, -0.25) is 9.59 Å². The van der Waals surface area contributed by atoms with Crippen LogP contribution in [0.15, 0.2) is 30.3 Å². The van der Waals surface area contributed by atoms with E-state index < -0.39 is 11.9 Å². The molecule has 0 saturated heterocycles. The molecule has 7 nitrogen and oxygen atoms in total. The van der Waals surface area contributed by atoms with Gasteiger partial charge in [-0.15, -0.1) is 12.4 Å². The SMILES string of the molecule is CC(=O)O.CC(=O)O.Cl.NCCc1ccc2c(O)c(O)ccc2c1. The molecule has 0 aromatic heterocycles. The third kappa shape index (κ3) is 9.50. The summed E-state index contributed by atoms with van der Waals surface area (Å²) in [7, 11) is 0. The minimum atomic E-state index is -0.833. The third-order valence-electron chi connectivity index (χ3n) is 2.47. The van der Waals surface area contributed by atoms with Crippen LogP contribution in [0.25, 0.3) is 10.8 Å². The van der Waals surface area contributed by atoms with Crippen LogP contribution in [-0.4, -0.2) is 38.9 Å². The molecule has 2 aromatic rings. The van der Waals surface area contributed by atoms with E-state index in [9.17, 15) is 10.2 Å². The Balaban J connectivity index is 0. The Kier molecular flexibility index (Phi) is 11.9. The van der Waals surface area contributed by atoms with Crippen molar-refractivity contribution in [2.24, 2.45) is 5.73 Å². The number of phenols is 2. The number of carboxylic acids is 2. The monoisotopic (exact) mass is 359 g/mol. The van der Waals surface area contributed by atoms with Gasteiger partial charge in [0.05, 0.1) is 0 Å². The standard InChI is InChI=1S/C12H13NO2.2C2H4O2.ClH/c13-6-5-8-1-3-10-9(7-8)2-4-11(14)12(10)15;2*1-2(3)4;/h1-4,7,14-15H,5-6,13H2;2*1H3,(H,3,4);1H. The summed E-state index contributed by atoms with van der Waals surface area (Å²) >= 11 is 0. The zero-order valence-electron chi connectivity index (χ0n) is 13.4. The minimum absolute atomic E-state index is 0. The van der Waals surface area contributed by atoms with Crippen LogP contribution in [0.3, 0.4) is 0 Å². The molecule has 0 saturated carbocycles. The molecule has 0 unspecified atom stereocenters. The van der Waals surface area contributed by atoms with Gasteiger partial charge in [-0.05, 0) is 30.0 Å². The first-order valence-electron chi connectivity index (χ1n) is 6.71. The van der Waals surface area contributed by atoms with E-state index in [1.807, 2.05) is 12.1 Å². The van der Waals surface area contributed by atoms with Gasteiger partial charge in [0.25, 0.3) is 11.9 Å². The van der Waals surface area contributed by atoms with E-state index in [-0.39, 0.29) is 23.9 Å². The number of aromatic hydroxyl groups is 2. The molecular formula is C16H22ClNO6. The minimum Gasteiger partial charge on any atom is -0.504 e. The van der Waals surface area contributed by atoms with E-state index in [0.717, 1.165) is 31.2 Å². The summed E-state index contributed by atoms with van der Waals surface area (Å²) in [6, 6.07) is 8.96. The number of hydrogen-bond donors (Lipinski definition) is 5. The summed E-state index contributed by atoms with van der Waals surface area (Å²) in [4.78, 5) is 18.0. The van der Waals surface area contributed by atoms with Crippen molar-refractivity contribution in [1.29, 1.82) is 0 Å². The van der Waals surface area contributed by atoms with Crippen LogP contribution in [0.4, 0.5) is 0 Å². The number of rotatable bonds is 2. The van der Waals surface area contributed by atoms with E-state index in [2.05, 4.69) is 0 Å². The van der Waals surface area contributed by atoms with Crippen LogP contribution in [0.2, 0.25) is 0 Å². The smallest absolute Gasteiger partial charge is 0.300 e. The molecule has 0 radical (unpaired) electrons. The second-order valence-corrected chi connectivity index (χ2v) is 4.57. The lowest BCUT2D eigenvalue weighted by Gasteiger charge is -2.05. The lowest BCUT2D eigenvalue weighted by Crippen LogP contribution is -2.02. The number of benzene rings is 2. The Hall–Kier alpha value is -2.51. The highest BCUT2D eigenvalue weighted by Gasteiger charge is 2.05. The molecule has 8 heteroatoms. The first-order valence-corrected chi connectivity index (χ1v) is 6.71. The summed E-state index contributed by atoms with van der Waals surface area (Å²) < 4.78 is 0. The van der Waals surface area contributed by atoms with E-state index in [1.165, 1.54) is 6.07 Å².